The molecule has 1 N–H and O–H groups in total. The number of carbonyl (C=O) groups is 1. The third kappa shape index (κ3) is 6.99. The van der Waals surface area contributed by atoms with Crippen molar-refractivity contribution in [1.29, 1.82) is 0 Å². The molecule has 1 amide bonds. The zero-order valence-corrected chi connectivity index (χ0v) is 20.6. The van der Waals surface area contributed by atoms with Crippen LogP contribution < -0.4 is 14.8 Å². The molecule has 0 bridgehead atoms. The van der Waals surface area contributed by atoms with Gasteiger partial charge in [-0.15, -0.1) is 0 Å². The van der Waals surface area contributed by atoms with Gasteiger partial charge in [-0.1, -0.05) is 35.9 Å². The van der Waals surface area contributed by atoms with Gasteiger partial charge in [0.05, 0.1) is 31.2 Å². The highest BCUT2D eigenvalue weighted by atomic mass is 35.5. The van der Waals surface area contributed by atoms with Crippen LogP contribution in [0.5, 0.6) is 11.5 Å². The van der Waals surface area contributed by atoms with Crippen LogP contribution in [-0.2, 0) is 24.2 Å². The first-order valence-corrected chi connectivity index (χ1v) is 12.2. The van der Waals surface area contributed by atoms with E-state index in [2.05, 4.69) is 16.0 Å². The van der Waals surface area contributed by atoms with E-state index in [-0.39, 0.29) is 5.91 Å². The van der Waals surface area contributed by atoms with Gasteiger partial charge in [-0.2, -0.15) is 0 Å². The number of nitrogens with zero attached hydrogens (tertiary/aromatic N) is 2. The lowest BCUT2D eigenvalue weighted by molar-refractivity contribution is -0.120. The molecule has 3 aromatic carbocycles. The Morgan fingerprint density at radius 1 is 0.971 bits per heavy atom. The fraction of sp³-hybridized carbons (Fsp3) is 0.286. The summed E-state index contributed by atoms with van der Waals surface area (Å²) >= 11 is 5.94. The molecule has 0 saturated heterocycles. The molecule has 182 valence electrons. The fourth-order valence-corrected chi connectivity index (χ4v) is 4.10. The third-order valence-corrected chi connectivity index (χ3v) is 6.02. The van der Waals surface area contributed by atoms with E-state index in [1.165, 1.54) is 0 Å². The quantitative estimate of drug-likeness (QED) is 0.267. The molecule has 35 heavy (non-hydrogen) atoms. The second kappa shape index (κ2) is 12.3. The van der Waals surface area contributed by atoms with Gasteiger partial charge < -0.3 is 19.4 Å². The van der Waals surface area contributed by atoms with Crippen molar-refractivity contribution in [3.8, 4) is 11.5 Å². The van der Waals surface area contributed by atoms with Crippen molar-refractivity contribution in [3.05, 3.63) is 89.2 Å². The number of nitrogens with one attached hydrogen (secondary N) is 1. The predicted octanol–water partition coefficient (Wildman–Crippen LogP) is 5.46. The molecule has 0 aliphatic rings. The number of amides is 1. The Morgan fingerprint density at radius 3 is 2.49 bits per heavy atom. The number of methoxy groups -OCH3 is 1. The van der Waals surface area contributed by atoms with Crippen LogP contribution in [-0.4, -0.2) is 35.7 Å². The summed E-state index contributed by atoms with van der Waals surface area (Å²) in [6.07, 6.45) is 2.82. The first-order chi connectivity index (χ1) is 17.1. The lowest BCUT2D eigenvalue weighted by atomic mass is 10.1. The van der Waals surface area contributed by atoms with Gasteiger partial charge in [0.2, 0.25) is 5.91 Å². The molecule has 0 atom stereocenters. The van der Waals surface area contributed by atoms with E-state index >= 15 is 0 Å². The standard InChI is InChI=1S/C28H30ClN3O3/c1-34-23-13-9-21(10-14-23)20-28(33)30-17-4-8-27-31-25-6-2-3-7-26(25)32(27)18-5-19-35-24-15-11-22(29)12-16-24/h2-3,6-7,9-16H,4-5,8,17-20H2,1H3,(H,30,33). The minimum Gasteiger partial charge on any atom is -0.497 e. The predicted molar refractivity (Wildman–Crippen MR) is 139 cm³/mol. The Labute approximate surface area is 210 Å². The van der Waals surface area contributed by atoms with Crippen molar-refractivity contribution >= 4 is 28.5 Å². The molecule has 7 heteroatoms. The Morgan fingerprint density at radius 2 is 1.71 bits per heavy atom. The van der Waals surface area contributed by atoms with E-state index in [0.29, 0.717) is 24.6 Å². The Bertz CT molecular complexity index is 1240. The first kappa shape index (κ1) is 24.6. The number of carbonyl (C=O) groups excluding carboxylic acids is 1. The van der Waals surface area contributed by atoms with Gasteiger partial charge in [0.25, 0.3) is 0 Å². The number of hydrogen-bond acceptors (Lipinski definition) is 4. The number of hydrogen-bond donors (Lipinski definition) is 1. The smallest absolute Gasteiger partial charge is 0.224 e. The first-order valence-electron chi connectivity index (χ1n) is 11.8. The number of aryl methyl sites for hydroxylation is 2. The molecule has 4 aromatic rings. The molecular formula is C28H30ClN3O3. The zero-order valence-electron chi connectivity index (χ0n) is 19.9. The zero-order chi connectivity index (χ0) is 24.5. The summed E-state index contributed by atoms with van der Waals surface area (Å²) in [5.41, 5.74) is 3.08. The number of para-hydroxylation sites is 2. The van der Waals surface area contributed by atoms with Crippen molar-refractivity contribution in [2.45, 2.75) is 32.2 Å². The maximum Gasteiger partial charge on any atom is 0.224 e. The van der Waals surface area contributed by atoms with Gasteiger partial charge in [0, 0.05) is 24.5 Å². The molecule has 1 aromatic heterocycles. The van der Waals surface area contributed by atoms with Gasteiger partial charge in [-0.25, -0.2) is 4.98 Å². The molecule has 0 unspecified atom stereocenters. The summed E-state index contributed by atoms with van der Waals surface area (Å²) in [6.45, 7) is 2.03. The van der Waals surface area contributed by atoms with Gasteiger partial charge in [-0.3, -0.25) is 4.79 Å². The molecule has 0 aliphatic carbocycles. The van der Waals surface area contributed by atoms with E-state index < -0.39 is 0 Å². The highest BCUT2D eigenvalue weighted by Crippen LogP contribution is 2.19. The number of fused-ring (bicyclic) bond motifs is 1. The number of rotatable bonds is 12. The average molecular weight is 492 g/mol. The SMILES string of the molecule is COc1ccc(CC(=O)NCCCc2nc3ccccc3n2CCCOc2ccc(Cl)cc2)cc1. The van der Waals surface area contributed by atoms with Crippen LogP contribution in [0.15, 0.2) is 72.8 Å². The normalized spacial score (nSPS) is 10.9. The molecule has 0 fully saturated rings. The molecule has 0 radical (unpaired) electrons. The van der Waals surface area contributed by atoms with Gasteiger partial charge in [-0.05, 0) is 66.9 Å². The minimum absolute atomic E-state index is 0.0167. The summed E-state index contributed by atoms with van der Waals surface area (Å²) in [5.74, 6) is 2.65. The Kier molecular flexibility index (Phi) is 8.63. The van der Waals surface area contributed by atoms with Gasteiger partial charge in [0.15, 0.2) is 0 Å². The monoisotopic (exact) mass is 491 g/mol. The maximum absolute atomic E-state index is 12.3. The number of imidazole rings is 1. The second-order valence-electron chi connectivity index (χ2n) is 8.30. The van der Waals surface area contributed by atoms with Crippen molar-refractivity contribution in [2.24, 2.45) is 0 Å². The van der Waals surface area contributed by atoms with Crippen molar-refractivity contribution in [2.75, 3.05) is 20.3 Å². The summed E-state index contributed by atoms with van der Waals surface area (Å²) in [7, 11) is 1.63. The highest BCUT2D eigenvalue weighted by molar-refractivity contribution is 6.30. The van der Waals surface area contributed by atoms with E-state index in [1.807, 2.05) is 66.7 Å². The second-order valence-corrected chi connectivity index (χ2v) is 8.74. The summed E-state index contributed by atoms with van der Waals surface area (Å²) < 4.78 is 13.3. The average Bonchev–Trinajstić information content (AvgIpc) is 3.23. The molecule has 4 rings (SSSR count). The van der Waals surface area contributed by atoms with Crippen molar-refractivity contribution < 1.29 is 14.3 Å². The molecule has 0 spiro atoms. The third-order valence-electron chi connectivity index (χ3n) is 5.77. The summed E-state index contributed by atoms with van der Waals surface area (Å²) in [5, 5.41) is 3.72. The van der Waals surface area contributed by atoms with E-state index in [0.717, 1.165) is 59.7 Å². The van der Waals surface area contributed by atoms with Crippen LogP contribution in [0.1, 0.15) is 24.2 Å². The van der Waals surface area contributed by atoms with Gasteiger partial charge >= 0.3 is 0 Å². The maximum atomic E-state index is 12.3. The van der Waals surface area contributed by atoms with Gasteiger partial charge in [0.1, 0.15) is 17.3 Å². The van der Waals surface area contributed by atoms with E-state index in [9.17, 15) is 4.79 Å². The van der Waals surface area contributed by atoms with Crippen LogP contribution >= 0.6 is 11.6 Å². The van der Waals surface area contributed by atoms with Crippen LogP contribution in [0.25, 0.3) is 11.0 Å². The van der Waals surface area contributed by atoms with Crippen molar-refractivity contribution in [1.82, 2.24) is 14.9 Å². The number of ether oxygens (including phenoxy) is 2. The fourth-order valence-electron chi connectivity index (χ4n) is 3.97. The lowest BCUT2D eigenvalue weighted by Gasteiger charge is -2.11. The largest absolute Gasteiger partial charge is 0.497 e. The van der Waals surface area contributed by atoms with Crippen LogP contribution in [0.3, 0.4) is 0 Å². The highest BCUT2D eigenvalue weighted by Gasteiger charge is 2.11. The van der Waals surface area contributed by atoms with Crippen LogP contribution in [0, 0.1) is 0 Å². The topological polar surface area (TPSA) is 65.4 Å². The molecular weight excluding hydrogens is 462 g/mol. The summed E-state index contributed by atoms with van der Waals surface area (Å²) in [6, 6.07) is 23.2. The summed E-state index contributed by atoms with van der Waals surface area (Å²) in [4.78, 5) is 17.2. The van der Waals surface area contributed by atoms with Crippen LogP contribution in [0.2, 0.25) is 5.02 Å². The van der Waals surface area contributed by atoms with E-state index in [1.54, 1.807) is 7.11 Å². The minimum atomic E-state index is 0.0167. The molecule has 0 saturated carbocycles. The number of benzene rings is 3. The number of halogens is 1. The Balaban J connectivity index is 1.27. The van der Waals surface area contributed by atoms with E-state index in [4.69, 9.17) is 26.1 Å². The Hall–Kier alpha value is -3.51. The molecule has 6 nitrogen and oxygen atoms in total. The number of aromatic nitrogens is 2. The van der Waals surface area contributed by atoms with Crippen molar-refractivity contribution in [3.63, 3.8) is 0 Å². The lowest BCUT2D eigenvalue weighted by Crippen LogP contribution is -2.26. The molecule has 0 aliphatic heterocycles. The molecule has 1 heterocycles. The van der Waals surface area contributed by atoms with Crippen LogP contribution in [0.4, 0.5) is 0 Å².